The van der Waals surface area contributed by atoms with Crippen molar-refractivity contribution in [3.05, 3.63) is 139 Å². The first-order chi connectivity index (χ1) is 40.8. The van der Waals surface area contributed by atoms with Gasteiger partial charge in [0.05, 0.1) is 68.4 Å². The summed E-state index contributed by atoms with van der Waals surface area (Å²) in [6.45, 7) is 9.43. The van der Waals surface area contributed by atoms with Crippen LogP contribution in [0.4, 0.5) is 14.5 Å². The van der Waals surface area contributed by atoms with Crippen LogP contribution in [0.5, 0.6) is 11.5 Å². The van der Waals surface area contributed by atoms with Crippen LogP contribution in [0.15, 0.2) is 84.2 Å². The Morgan fingerprint density at radius 1 is 0.906 bits per heavy atom. The molecule has 2 saturated heterocycles. The Labute approximate surface area is 509 Å². The molecule has 0 spiro atoms. The molecule has 3 aliphatic rings. The third-order valence-corrected chi connectivity index (χ3v) is 17.5. The maximum atomic E-state index is 16.2. The van der Waals surface area contributed by atoms with Crippen molar-refractivity contribution in [1.29, 1.82) is 5.26 Å². The largest absolute Gasteiger partial charge is 0.495 e. The van der Waals surface area contributed by atoms with Crippen LogP contribution in [0, 0.1) is 34.3 Å². The summed E-state index contributed by atoms with van der Waals surface area (Å²) in [5, 5.41) is 28.5. The van der Waals surface area contributed by atoms with E-state index < -0.39 is 64.4 Å². The highest BCUT2D eigenvalue weighted by Gasteiger charge is 2.61. The van der Waals surface area contributed by atoms with Gasteiger partial charge in [-0.05, 0) is 112 Å². The van der Waals surface area contributed by atoms with Gasteiger partial charge < -0.3 is 50.4 Å². The van der Waals surface area contributed by atoms with Gasteiger partial charge in [0.15, 0.2) is 0 Å². The summed E-state index contributed by atoms with van der Waals surface area (Å²) in [5.74, 6) is -3.91. The smallest absolute Gasteiger partial charge is 0.251 e. The van der Waals surface area contributed by atoms with Crippen LogP contribution in [0.2, 0.25) is 10.0 Å². The number of hydrogen-bond acceptors (Lipinski definition) is 14. The highest BCUT2D eigenvalue weighted by molar-refractivity contribution is 7.10. The average Bonchev–Trinajstić information content (AvgIpc) is 1.72. The SMILES string of the molecule is CN[C@@H](C)C(=O)N[C@H](C(=O)N1CCC[C@H]1c1nc(C(=O)c2cccc(OCCOCCOCCNC(=O)c3ccc(NC(=O)[C@@H]4N[C@@H](CC(C)(C)C)[C@](C#N)(c5ccc(Cl)cc5F)[C@H]4c4cccc(Cl)c4F)c(OC)c3)c2)cs1)C1CCCCC1. The zero-order valence-electron chi connectivity index (χ0n) is 48.7. The molecule has 85 heavy (non-hydrogen) atoms. The molecule has 0 radical (unpaired) electrons. The third-order valence-electron chi connectivity index (χ3n) is 16.0. The first kappa shape index (κ1) is 64.4. The molecular weight excluding hydrogens is 1150 g/mol. The van der Waals surface area contributed by atoms with E-state index >= 15 is 8.78 Å². The Morgan fingerprint density at radius 2 is 1.65 bits per heavy atom. The molecule has 2 aliphatic heterocycles. The number of carbonyl (C=O) groups is 5. The standard InChI is InChI=1S/C63H74Cl2F2N8O9S/c1-37(69-5)57(77)74-54(38-13-8-7-9-14-38)61(80)75-25-12-19-49(75)60-72-48(35-85-60)56(76)39-15-10-16-42(31-39)84-30-29-83-28-27-82-26-24-70-58(78)40-20-23-47(50(32-40)81-6)71-59(79)55-52(43-17-11-18-45(65)53(43)67)63(36-68,51(73-55)34-62(2,3)4)44-22-21-41(64)33-46(44)66/h10-11,15-18,20-23,31-33,35,37-38,49,51-52,54-55,69,73H,7-9,12-14,19,24-30,34H2,1-6H3,(H,70,78)(H,71,79)(H,74,77)/t37-,49-,51-,52-,54-,55+,63-/m0/s1. The number of ketones is 1. The molecule has 4 amide bonds. The van der Waals surface area contributed by atoms with Crippen LogP contribution < -0.4 is 36.1 Å². The van der Waals surface area contributed by atoms with Gasteiger partial charge in [-0.25, -0.2) is 13.8 Å². The quantitative estimate of drug-likeness (QED) is 0.0271. The second-order valence-corrected chi connectivity index (χ2v) is 24.7. The van der Waals surface area contributed by atoms with Crippen LogP contribution in [0.25, 0.3) is 0 Å². The number of hydrogen-bond donors (Lipinski definition) is 5. The third kappa shape index (κ3) is 15.3. The van der Waals surface area contributed by atoms with Gasteiger partial charge in [-0.15, -0.1) is 11.3 Å². The number of rotatable bonds is 25. The lowest BCUT2D eigenvalue weighted by atomic mass is 9.62. The fraction of sp³-hybridized carbons (Fsp3) is 0.476. The van der Waals surface area contributed by atoms with E-state index in [2.05, 4.69) is 32.7 Å². The first-order valence-electron chi connectivity index (χ1n) is 28.8. The Hall–Kier alpha value is -6.57. The zero-order chi connectivity index (χ0) is 61.0. The normalized spacial score (nSPS) is 20.5. The van der Waals surface area contributed by atoms with Gasteiger partial charge in [0.2, 0.25) is 23.5 Å². The maximum Gasteiger partial charge on any atom is 0.251 e. The van der Waals surface area contributed by atoms with Crippen molar-refractivity contribution < 1.29 is 51.7 Å². The lowest BCUT2D eigenvalue weighted by Gasteiger charge is -2.37. The number of halogens is 4. The molecule has 5 aromatic rings. The molecule has 7 atom stereocenters. The predicted octanol–water partition coefficient (Wildman–Crippen LogP) is 10.1. The summed E-state index contributed by atoms with van der Waals surface area (Å²) in [5.41, 5.74) is -1.29. The summed E-state index contributed by atoms with van der Waals surface area (Å²) in [6, 6.07) is 18.4. The molecule has 1 saturated carbocycles. The number of nitrogens with one attached hydrogen (secondary N) is 5. The van der Waals surface area contributed by atoms with E-state index in [-0.39, 0.29) is 119 Å². The fourth-order valence-corrected chi connectivity index (χ4v) is 13.0. The zero-order valence-corrected chi connectivity index (χ0v) is 51.0. The second-order valence-electron chi connectivity index (χ2n) is 22.9. The second kappa shape index (κ2) is 29.2. The molecule has 454 valence electrons. The topological polar surface area (TPSA) is 222 Å². The Kier molecular flexibility index (Phi) is 22.1. The van der Waals surface area contributed by atoms with Gasteiger partial charge in [-0.1, -0.05) is 93.6 Å². The minimum atomic E-state index is -1.83. The van der Waals surface area contributed by atoms with Gasteiger partial charge in [0.25, 0.3) is 5.91 Å². The minimum Gasteiger partial charge on any atom is -0.495 e. The van der Waals surface area contributed by atoms with E-state index in [9.17, 15) is 29.2 Å². The number of aromatic nitrogens is 1. The molecule has 1 aromatic heterocycles. The molecule has 8 rings (SSSR count). The van der Waals surface area contributed by atoms with Crippen molar-refractivity contribution in [2.45, 2.75) is 121 Å². The Bertz CT molecular complexity index is 3240. The number of carbonyl (C=O) groups excluding carboxylic acids is 5. The van der Waals surface area contributed by atoms with Crippen molar-refractivity contribution in [1.82, 2.24) is 31.2 Å². The van der Waals surface area contributed by atoms with Crippen molar-refractivity contribution >= 4 is 69.6 Å². The van der Waals surface area contributed by atoms with Crippen molar-refractivity contribution in [2.75, 3.05) is 65.6 Å². The van der Waals surface area contributed by atoms with Gasteiger partial charge in [-0.2, -0.15) is 5.26 Å². The van der Waals surface area contributed by atoms with E-state index in [0.29, 0.717) is 22.9 Å². The number of anilines is 1. The predicted molar refractivity (Wildman–Crippen MR) is 321 cm³/mol. The molecule has 17 nitrogen and oxygen atoms in total. The number of likely N-dealkylation sites (N-methyl/N-ethyl adjacent to an activating group) is 1. The van der Waals surface area contributed by atoms with E-state index in [1.54, 1.807) is 43.6 Å². The van der Waals surface area contributed by atoms with Crippen LogP contribution >= 0.6 is 34.5 Å². The highest BCUT2D eigenvalue weighted by Crippen LogP contribution is 2.53. The number of methoxy groups -OCH3 is 1. The lowest BCUT2D eigenvalue weighted by molar-refractivity contribution is -0.139. The number of nitrogens with zero attached hydrogens (tertiary/aromatic N) is 3. The van der Waals surface area contributed by atoms with Crippen LogP contribution in [0.3, 0.4) is 0 Å². The molecular formula is C63H74Cl2F2N8O9S. The molecule has 3 heterocycles. The van der Waals surface area contributed by atoms with Crippen LogP contribution in [-0.4, -0.2) is 124 Å². The van der Waals surface area contributed by atoms with Gasteiger partial charge in [-0.3, -0.25) is 24.0 Å². The summed E-state index contributed by atoms with van der Waals surface area (Å²) < 4.78 is 55.2. The number of likely N-dealkylation sites (tertiary alicyclic amines) is 1. The van der Waals surface area contributed by atoms with Crippen LogP contribution in [0.1, 0.15) is 134 Å². The van der Waals surface area contributed by atoms with E-state index in [4.69, 9.17) is 47.1 Å². The average molecular weight is 1230 g/mol. The monoisotopic (exact) mass is 1230 g/mol. The van der Waals surface area contributed by atoms with Gasteiger partial charge in [0, 0.05) is 52.1 Å². The van der Waals surface area contributed by atoms with Gasteiger partial charge >= 0.3 is 0 Å². The Balaban J connectivity index is 0.789. The van der Waals surface area contributed by atoms with E-state index in [1.165, 1.54) is 67.0 Å². The first-order valence-corrected chi connectivity index (χ1v) is 30.4. The molecule has 0 unspecified atom stereocenters. The van der Waals surface area contributed by atoms with Crippen molar-refractivity contribution in [3.63, 3.8) is 0 Å². The van der Waals surface area contributed by atoms with Crippen molar-refractivity contribution in [3.8, 4) is 17.6 Å². The number of nitriles is 1. The fourth-order valence-electron chi connectivity index (χ4n) is 11.7. The highest BCUT2D eigenvalue weighted by atomic mass is 35.5. The van der Waals surface area contributed by atoms with Crippen LogP contribution in [-0.2, 0) is 29.3 Å². The number of benzene rings is 4. The van der Waals surface area contributed by atoms with Gasteiger partial charge in [0.1, 0.15) is 51.9 Å². The molecule has 3 fully saturated rings. The molecule has 5 N–H and O–H groups in total. The molecule has 22 heteroatoms. The number of ether oxygens (including phenoxy) is 4. The number of amides is 4. The van der Waals surface area contributed by atoms with Crippen molar-refractivity contribution in [2.24, 2.45) is 11.3 Å². The molecule has 0 bridgehead atoms. The summed E-state index contributed by atoms with van der Waals surface area (Å²) in [6.07, 6.45) is 6.75. The molecule has 4 aromatic carbocycles. The summed E-state index contributed by atoms with van der Waals surface area (Å²) in [4.78, 5) is 75.4. The summed E-state index contributed by atoms with van der Waals surface area (Å²) >= 11 is 13.8. The minimum absolute atomic E-state index is 0.0542. The molecule has 1 aliphatic carbocycles. The maximum absolute atomic E-state index is 16.2. The lowest BCUT2D eigenvalue weighted by Crippen LogP contribution is -2.55. The summed E-state index contributed by atoms with van der Waals surface area (Å²) in [7, 11) is 3.09. The Morgan fingerprint density at radius 3 is 2.36 bits per heavy atom. The van der Waals surface area contributed by atoms with E-state index in [0.717, 1.165) is 51.0 Å². The number of thiazole rings is 1. The van der Waals surface area contributed by atoms with E-state index in [1.807, 2.05) is 25.7 Å².